The van der Waals surface area contributed by atoms with Gasteiger partial charge in [0.1, 0.15) is 0 Å². The van der Waals surface area contributed by atoms with E-state index in [1.165, 1.54) is 0 Å². The Morgan fingerprint density at radius 3 is 2.11 bits per heavy atom. The number of hydrogen-bond acceptors (Lipinski definition) is 2. The molecule has 0 aromatic carbocycles. The van der Waals surface area contributed by atoms with E-state index >= 15 is 0 Å². The maximum absolute atomic E-state index is 10.3. The third-order valence-electron chi connectivity index (χ3n) is 1.02. The van der Waals surface area contributed by atoms with Crippen molar-refractivity contribution in [1.29, 1.82) is 0 Å². The first-order chi connectivity index (χ1) is 4.20. The molecule has 0 aromatic rings. The van der Waals surface area contributed by atoms with E-state index in [4.69, 9.17) is 0 Å². The quantitative estimate of drug-likeness (QED) is 0.460. The summed E-state index contributed by atoms with van der Waals surface area (Å²) in [5.74, 6) is 0. The molecule has 0 fully saturated rings. The fourth-order valence-corrected chi connectivity index (χ4v) is 0.658. The molecule has 1 amide bonds. The average Bonchev–Trinajstić information content (AvgIpc) is 1.82. The van der Waals surface area contributed by atoms with Crippen LogP contribution >= 0.6 is 12.6 Å². The summed E-state index contributed by atoms with van der Waals surface area (Å²) in [5, 5.41) is 1.47. The Balaban J connectivity index is 3.43. The van der Waals surface area contributed by atoms with Crippen LogP contribution in [0.4, 0.5) is 4.79 Å². The second-order valence-electron chi connectivity index (χ2n) is 1.59. The third kappa shape index (κ3) is 4.29. The number of carbonyl (C=O) groups is 1. The molecule has 54 valence electrons. The average molecular weight is 148 g/mol. The van der Waals surface area contributed by atoms with Crippen LogP contribution in [0.15, 0.2) is 0 Å². The second kappa shape index (κ2) is 4.64. The number of hydrogen-bond donors (Lipinski definition) is 2. The van der Waals surface area contributed by atoms with Gasteiger partial charge in [0.05, 0.1) is 0 Å². The smallest absolute Gasteiger partial charge is 0.280 e. The number of hydrazine groups is 1. The molecule has 0 atom stereocenters. The Morgan fingerprint density at radius 1 is 1.56 bits per heavy atom. The summed E-state index contributed by atoms with van der Waals surface area (Å²) in [6, 6.07) is 0. The number of nitrogens with one attached hydrogen (secondary N) is 1. The predicted octanol–water partition coefficient (Wildman–Crippen LogP) is 0.883. The SMILES string of the molecule is CCN(CC)NC(=O)S. The van der Waals surface area contributed by atoms with Gasteiger partial charge in [-0.25, -0.2) is 5.01 Å². The molecule has 0 aliphatic heterocycles. The zero-order valence-electron chi connectivity index (χ0n) is 5.72. The lowest BCUT2D eigenvalue weighted by molar-refractivity contribution is 0.206. The van der Waals surface area contributed by atoms with Crippen LogP contribution in [0.3, 0.4) is 0 Å². The summed E-state index contributed by atoms with van der Waals surface area (Å²) in [5.41, 5.74) is 2.54. The Morgan fingerprint density at radius 2 is 2.00 bits per heavy atom. The van der Waals surface area contributed by atoms with Gasteiger partial charge in [-0.1, -0.05) is 26.5 Å². The Bertz CT molecular complexity index is 93.0. The summed E-state index contributed by atoms with van der Waals surface area (Å²) < 4.78 is 0. The molecule has 0 heterocycles. The Labute approximate surface area is 60.8 Å². The summed E-state index contributed by atoms with van der Waals surface area (Å²) in [4.78, 5) is 10.3. The van der Waals surface area contributed by atoms with Gasteiger partial charge in [-0.15, -0.1) is 0 Å². The van der Waals surface area contributed by atoms with E-state index in [2.05, 4.69) is 18.1 Å². The van der Waals surface area contributed by atoms with E-state index in [1.807, 2.05) is 13.8 Å². The first-order valence-electron chi connectivity index (χ1n) is 2.95. The van der Waals surface area contributed by atoms with Crippen molar-refractivity contribution < 1.29 is 4.79 Å². The van der Waals surface area contributed by atoms with Crippen LogP contribution in [0.25, 0.3) is 0 Å². The molecule has 9 heavy (non-hydrogen) atoms. The lowest BCUT2D eigenvalue weighted by Crippen LogP contribution is -2.39. The molecular weight excluding hydrogens is 136 g/mol. The van der Waals surface area contributed by atoms with Gasteiger partial charge < -0.3 is 0 Å². The minimum absolute atomic E-state index is 0.307. The highest BCUT2D eigenvalue weighted by atomic mass is 32.1. The van der Waals surface area contributed by atoms with Gasteiger partial charge in [0, 0.05) is 13.1 Å². The first kappa shape index (κ1) is 8.78. The van der Waals surface area contributed by atoms with Crippen LogP contribution in [-0.4, -0.2) is 23.3 Å². The monoisotopic (exact) mass is 148 g/mol. The van der Waals surface area contributed by atoms with Gasteiger partial charge in [-0.05, 0) is 0 Å². The van der Waals surface area contributed by atoms with Crippen molar-refractivity contribution in [2.24, 2.45) is 0 Å². The molecule has 0 aliphatic carbocycles. The van der Waals surface area contributed by atoms with Gasteiger partial charge in [0.25, 0.3) is 5.24 Å². The highest BCUT2D eigenvalue weighted by Gasteiger charge is 1.97. The molecule has 0 saturated carbocycles. The highest BCUT2D eigenvalue weighted by molar-refractivity contribution is 7.96. The topological polar surface area (TPSA) is 32.3 Å². The number of rotatable bonds is 3. The van der Waals surface area contributed by atoms with Crippen molar-refractivity contribution in [2.75, 3.05) is 13.1 Å². The molecule has 0 aliphatic rings. The fraction of sp³-hybridized carbons (Fsp3) is 0.800. The third-order valence-corrected chi connectivity index (χ3v) is 1.12. The summed E-state index contributed by atoms with van der Waals surface area (Å²) >= 11 is 3.55. The molecule has 0 unspecified atom stereocenters. The van der Waals surface area contributed by atoms with Gasteiger partial charge in [-0.2, -0.15) is 0 Å². The lowest BCUT2D eigenvalue weighted by Gasteiger charge is -2.16. The largest absolute Gasteiger partial charge is 0.290 e. The predicted molar refractivity (Wildman–Crippen MR) is 40.4 cm³/mol. The number of thiol groups is 1. The zero-order valence-corrected chi connectivity index (χ0v) is 6.61. The second-order valence-corrected chi connectivity index (χ2v) is 2.00. The molecule has 0 saturated heterocycles. The van der Waals surface area contributed by atoms with Crippen LogP contribution in [0.1, 0.15) is 13.8 Å². The van der Waals surface area contributed by atoms with Gasteiger partial charge in [-0.3, -0.25) is 10.2 Å². The van der Waals surface area contributed by atoms with Crippen LogP contribution in [-0.2, 0) is 0 Å². The number of nitrogens with zero attached hydrogens (tertiary/aromatic N) is 1. The van der Waals surface area contributed by atoms with E-state index in [9.17, 15) is 4.79 Å². The lowest BCUT2D eigenvalue weighted by atomic mass is 10.6. The van der Waals surface area contributed by atoms with E-state index in [0.717, 1.165) is 13.1 Å². The van der Waals surface area contributed by atoms with Crippen molar-refractivity contribution in [3.63, 3.8) is 0 Å². The maximum Gasteiger partial charge on any atom is 0.290 e. The minimum atomic E-state index is -0.307. The van der Waals surface area contributed by atoms with E-state index in [1.54, 1.807) is 5.01 Å². The zero-order chi connectivity index (χ0) is 7.28. The van der Waals surface area contributed by atoms with Gasteiger partial charge >= 0.3 is 0 Å². The fourth-order valence-electron chi connectivity index (χ4n) is 0.517. The molecule has 4 heteroatoms. The van der Waals surface area contributed by atoms with E-state index < -0.39 is 0 Å². The summed E-state index contributed by atoms with van der Waals surface area (Å²) in [7, 11) is 0. The van der Waals surface area contributed by atoms with Gasteiger partial charge in [0.2, 0.25) is 0 Å². The van der Waals surface area contributed by atoms with E-state index in [-0.39, 0.29) is 5.24 Å². The number of amides is 1. The maximum atomic E-state index is 10.3. The molecule has 1 N–H and O–H groups in total. The van der Waals surface area contributed by atoms with Crippen molar-refractivity contribution in [1.82, 2.24) is 10.4 Å². The molecule has 0 bridgehead atoms. The van der Waals surface area contributed by atoms with Crippen LogP contribution in [0.2, 0.25) is 0 Å². The first-order valence-corrected chi connectivity index (χ1v) is 3.40. The molecule has 0 spiro atoms. The van der Waals surface area contributed by atoms with Crippen molar-refractivity contribution in [3.8, 4) is 0 Å². The van der Waals surface area contributed by atoms with Crippen LogP contribution in [0.5, 0.6) is 0 Å². The molecule has 3 nitrogen and oxygen atoms in total. The molecule has 0 aromatic heterocycles. The summed E-state index contributed by atoms with van der Waals surface area (Å²) in [6.07, 6.45) is 0. The molecule has 0 rings (SSSR count). The van der Waals surface area contributed by atoms with Crippen molar-refractivity contribution in [2.45, 2.75) is 13.8 Å². The van der Waals surface area contributed by atoms with Crippen molar-refractivity contribution in [3.05, 3.63) is 0 Å². The standard InChI is InChI=1S/C5H12N2OS/c1-3-7(4-2)6-5(8)9/h3-4H2,1-2H3,(H2,6,8,9). The Kier molecular flexibility index (Phi) is 4.53. The van der Waals surface area contributed by atoms with Gasteiger partial charge in [0.15, 0.2) is 0 Å². The highest BCUT2D eigenvalue weighted by Crippen LogP contribution is 1.82. The summed E-state index contributed by atoms with van der Waals surface area (Å²) in [6.45, 7) is 5.55. The van der Waals surface area contributed by atoms with Crippen molar-refractivity contribution >= 4 is 17.9 Å². The minimum Gasteiger partial charge on any atom is -0.280 e. The van der Waals surface area contributed by atoms with Crippen LogP contribution < -0.4 is 5.43 Å². The number of carbonyl (C=O) groups excluding carboxylic acids is 1. The normalized spacial score (nSPS) is 9.78. The molecular formula is C5H12N2OS. The Hall–Kier alpha value is -0.220. The van der Waals surface area contributed by atoms with E-state index in [0.29, 0.717) is 0 Å². The van der Waals surface area contributed by atoms with Crippen LogP contribution in [0, 0.1) is 0 Å². The molecule has 0 radical (unpaired) electrons.